The van der Waals surface area contributed by atoms with Crippen LogP contribution in [0.5, 0.6) is 0 Å². The van der Waals surface area contributed by atoms with Crippen molar-refractivity contribution in [2.24, 2.45) is 0 Å². The van der Waals surface area contributed by atoms with Crippen molar-refractivity contribution in [2.45, 2.75) is 26.3 Å². The molecule has 1 unspecified atom stereocenters. The summed E-state index contributed by atoms with van der Waals surface area (Å²) in [5.41, 5.74) is 2.93. The van der Waals surface area contributed by atoms with Crippen molar-refractivity contribution in [3.63, 3.8) is 0 Å². The van der Waals surface area contributed by atoms with Crippen LogP contribution in [0.2, 0.25) is 0 Å². The monoisotopic (exact) mass is 410 g/mol. The molecule has 7 heteroatoms. The molecule has 1 fully saturated rings. The van der Waals surface area contributed by atoms with E-state index >= 15 is 0 Å². The zero-order valence-electron chi connectivity index (χ0n) is 18.0. The SMILES string of the molecule is C/C(C1=CCOCC1)=C(\C=C/C(C)N1CCN(C)CC1)NC(=O)c1ccc(C#N)o1. The van der Waals surface area contributed by atoms with Crippen LogP contribution in [0.3, 0.4) is 0 Å². The van der Waals surface area contributed by atoms with Gasteiger partial charge in [0.2, 0.25) is 5.76 Å². The first kappa shape index (κ1) is 22.0. The normalized spacial score (nSPS) is 20.4. The fourth-order valence-electron chi connectivity index (χ4n) is 3.59. The molecule has 3 heterocycles. The molecule has 0 aliphatic carbocycles. The van der Waals surface area contributed by atoms with E-state index in [4.69, 9.17) is 14.4 Å². The number of carbonyl (C=O) groups excluding carboxylic acids is 1. The van der Waals surface area contributed by atoms with Crippen LogP contribution in [0, 0.1) is 11.3 Å². The van der Waals surface area contributed by atoms with Gasteiger partial charge in [-0.15, -0.1) is 0 Å². The molecular weight excluding hydrogens is 380 g/mol. The highest BCUT2D eigenvalue weighted by Crippen LogP contribution is 2.21. The molecule has 1 N–H and O–H groups in total. The summed E-state index contributed by atoms with van der Waals surface area (Å²) >= 11 is 0. The quantitative estimate of drug-likeness (QED) is 0.726. The van der Waals surface area contributed by atoms with Gasteiger partial charge in [-0.1, -0.05) is 12.2 Å². The van der Waals surface area contributed by atoms with Crippen LogP contribution in [0.15, 0.2) is 51.6 Å². The third kappa shape index (κ3) is 5.70. The van der Waals surface area contributed by atoms with Gasteiger partial charge in [0.15, 0.2) is 5.76 Å². The maximum atomic E-state index is 12.7. The van der Waals surface area contributed by atoms with E-state index in [1.54, 1.807) is 0 Å². The Kier molecular flexibility index (Phi) is 7.63. The average Bonchev–Trinajstić information content (AvgIpc) is 3.26. The summed E-state index contributed by atoms with van der Waals surface area (Å²) in [6, 6.07) is 5.18. The van der Waals surface area contributed by atoms with E-state index in [-0.39, 0.29) is 23.5 Å². The molecule has 0 aromatic carbocycles. The zero-order chi connectivity index (χ0) is 21.5. The maximum absolute atomic E-state index is 12.7. The molecule has 0 spiro atoms. The summed E-state index contributed by atoms with van der Waals surface area (Å²) in [4.78, 5) is 17.5. The van der Waals surface area contributed by atoms with E-state index in [2.05, 4.69) is 41.2 Å². The lowest BCUT2D eigenvalue weighted by Crippen LogP contribution is -2.47. The average molecular weight is 411 g/mol. The Hall–Kier alpha value is -2.66. The fraction of sp³-hybridized carbons (Fsp3) is 0.478. The number of amides is 1. The number of carbonyl (C=O) groups is 1. The van der Waals surface area contributed by atoms with Gasteiger partial charge in [-0.25, -0.2) is 0 Å². The van der Waals surface area contributed by atoms with Crippen LogP contribution >= 0.6 is 0 Å². The van der Waals surface area contributed by atoms with Gasteiger partial charge in [-0.05, 0) is 56.7 Å². The lowest BCUT2D eigenvalue weighted by atomic mass is 10.00. The first-order valence-electron chi connectivity index (χ1n) is 10.4. The van der Waals surface area contributed by atoms with E-state index in [1.165, 1.54) is 17.7 Å². The lowest BCUT2D eigenvalue weighted by molar-refractivity contribution is 0.0938. The third-order valence-electron chi connectivity index (χ3n) is 5.69. The summed E-state index contributed by atoms with van der Waals surface area (Å²) in [7, 11) is 2.14. The number of hydrogen-bond donors (Lipinski definition) is 1. The van der Waals surface area contributed by atoms with Crippen molar-refractivity contribution >= 4 is 5.91 Å². The van der Waals surface area contributed by atoms with Crippen LogP contribution in [0.25, 0.3) is 0 Å². The zero-order valence-corrected chi connectivity index (χ0v) is 18.0. The first-order valence-corrected chi connectivity index (χ1v) is 10.4. The lowest BCUT2D eigenvalue weighted by Gasteiger charge is -2.35. The minimum absolute atomic E-state index is 0.119. The van der Waals surface area contributed by atoms with Gasteiger partial charge in [0, 0.05) is 37.9 Å². The molecule has 30 heavy (non-hydrogen) atoms. The molecule has 2 aliphatic rings. The van der Waals surface area contributed by atoms with E-state index in [1.807, 2.05) is 19.1 Å². The van der Waals surface area contributed by atoms with Crippen molar-refractivity contribution in [3.05, 3.63) is 58.7 Å². The molecule has 1 aromatic rings. The Morgan fingerprint density at radius 2 is 2.07 bits per heavy atom. The number of hydrogen-bond acceptors (Lipinski definition) is 6. The Morgan fingerprint density at radius 1 is 1.30 bits per heavy atom. The van der Waals surface area contributed by atoms with E-state index in [0.29, 0.717) is 13.2 Å². The summed E-state index contributed by atoms with van der Waals surface area (Å²) in [5.74, 6) is -0.123. The van der Waals surface area contributed by atoms with E-state index in [0.717, 1.165) is 43.9 Å². The van der Waals surface area contributed by atoms with Gasteiger partial charge in [0.1, 0.15) is 6.07 Å². The third-order valence-corrected chi connectivity index (χ3v) is 5.69. The molecule has 7 nitrogen and oxygen atoms in total. The van der Waals surface area contributed by atoms with Crippen LogP contribution in [0.1, 0.15) is 36.6 Å². The molecule has 1 atom stereocenters. The number of piperazine rings is 1. The number of nitrogens with zero attached hydrogens (tertiary/aromatic N) is 3. The second kappa shape index (κ2) is 10.4. The molecule has 1 aromatic heterocycles. The second-order valence-electron chi connectivity index (χ2n) is 7.76. The number of rotatable bonds is 6. The van der Waals surface area contributed by atoms with Gasteiger partial charge in [0.05, 0.1) is 13.2 Å². The molecule has 0 radical (unpaired) electrons. The predicted octanol–water partition coefficient (Wildman–Crippen LogP) is 2.69. The van der Waals surface area contributed by atoms with Gasteiger partial charge in [0.25, 0.3) is 5.91 Å². The minimum Gasteiger partial charge on any atom is -0.440 e. The van der Waals surface area contributed by atoms with E-state index < -0.39 is 0 Å². The number of likely N-dealkylation sites (N-methyl/N-ethyl adjacent to an activating group) is 1. The molecular formula is C23H30N4O3. The van der Waals surface area contributed by atoms with Crippen molar-refractivity contribution in [2.75, 3.05) is 46.4 Å². The number of nitriles is 1. The first-order chi connectivity index (χ1) is 14.5. The molecule has 0 bridgehead atoms. The Bertz CT molecular complexity index is 883. The molecule has 3 rings (SSSR count). The summed E-state index contributed by atoms with van der Waals surface area (Å²) < 4.78 is 10.7. The van der Waals surface area contributed by atoms with Crippen molar-refractivity contribution in [1.29, 1.82) is 5.26 Å². The highest BCUT2D eigenvalue weighted by Gasteiger charge is 2.19. The highest BCUT2D eigenvalue weighted by molar-refractivity contribution is 5.93. The van der Waals surface area contributed by atoms with Gasteiger partial charge < -0.3 is 19.4 Å². The topological polar surface area (TPSA) is 81.7 Å². The Balaban J connectivity index is 1.79. The van der Waals surface area contributed by atoms with Gasteiger partial charge >= 0.3 is 0 Å². The number of nitrogens with one attached hydrogen (secondary N) is 1. The summed E-state index contributed by atoms with van der Waals surface area (Å²) in [5, 5.41) is 11.9. The fourth-order valence-corrected chi connectivity index (χ4v) is 3.59. The highest BCUT2D eigenvalue weighted by atomic mass is 16.5. The maximum Gasteiger partial charge on any atom is 0.291 e. The van der Waals surface area contributed by atoms with Crippen molar-refractivity contribution in [3.8, 4) is 6.07 Å². The molecule has 2 aliphatic heterocycles. The minimum atomic E-state index is -0.365. The number of furan rings is 1. The molecule has 160 valence electrons. The second-order valence-corrected chi connectivity index (χ2v) is 7.76. The van der Waals surface area contributed by atoms with Gasteiger partial charge in [-0.2, -0.15) is 5.26 Å². The Labute approximate surface area is 178 Å². The molecule has 1 amide bonds. The van der Waals surface area contributed by atoms with Crippen molar-refractivity contribution in [1.82, 2.24) is 15.1 Å². The molecule has 0 saturated carbocycles. The standard InChI is InChI=1S/C23H30N4O3/c1-17(27-12-10-26(3)11-13-27)4-6-21(18(2)19-8-14-29-15-9-19)25-23(28)22-7-5-20(16-24)30-22/h4-8,17H,9-15H2,1-3H3,(H,25,28)/b6-4-,21-18-. The molecule has 1 saturated heterocycles. The van der Waals surface area contributed by atoms with Crippen molar-refractivity contribution < 1.29 is 13.9 Å². The predicted molar refractivity (Wildman–Crippen MR) is 115 cm³/mol. The van der Waals surface area contributed by atoms with Crippen LogP contribution < -0.4 is 5.32 Å². The van der Waals surface area contributed by atoms with Gasteiger partial charge in [-0.3, -0.25) is 9.69 Å². The van der Waals surface area contributed by atoms with E-state index in [9.17, 15) is 4.79 Å². The number of allylic oxidation sites excluding steroid dienone is 2. The van der Waals surface area contributed by atoms with Crippen LogP contribution in [0.4, 0.5) is 0 Å². The van der Waals surface area contributed by atoms with Crippen LogP contribution in [-0.2, 0) is 4.74 Å². The van der Waals surface area contributed by atoms with Crippen LogP contribution in [-0.4, -0.2) is 68.2 Å². The number of ether oxygens (including phenoxy) is 1. The summed E-state index contributed by atoms with van der Waals surface area (Å²) in [6.45, 7) is 9.62. The Morgan fingerprint density at radius 3 is 2.70 bits per heavy atom. The summed E-state index contributed by atoms with van der Waals surface area (Å²) in [6.07, 6.45) is 6.99. The largest absolute Gasteiger partial charge is 0.440 e. The smallest absolute Gasteiger partial charge is 0.291 e.